The lowest BCUT2D eigenvalue weighted by Crippen LogP contribution is -2.11. The zero-order valence-electron chi connectivity index (χ0n) is 10.2. The second-order valence-electron chi connectivity index (χ2n) is 3.68. The maximum atomic E-state index is 11.9. The minimum absolute atomic E-state index is 0.0218. The monoisotopic (exact) mass is 266 g/mol. The summed E-state index contributed by atoms with van der Waals surface area (Å²) < 4.78 is 30.5. The fourth-order valence-corrected chi connectivity index (χ4v) is 2.55. The van der Waals surface area contributed by atoms with Gasteiger partial charge in [-0.25, -0.2) is 13.4 Å². The Bertz CT molecular complexity index is 647. The molecule has 2 aromatic rings. The summed E-state index contributed by atoms with van der Waals surface area (Å²) in [7, 11) is -1.78. The molecule has 1 heterocycles. The lowest BCUT2D eigenvalue weighted by Gasteiger charge is -2.08. The summed E-state index contributed by atoms with van der Waals surface area (Å²) in [5.41, 5.74) is 0.707. The van der Waals surface area contributed by atoms with Crippen LogP contribution in [-0.4, -0.2) is 30.8 Å². The van der Waals surface area contributed by atoms with E-state index in [1.165, 1.54) is 6.20 Å². The van der Waals surface area contributed by atoms with E-state index >= 15 is 0 Å². The Labute approximate surface area is 106 Å². The van der Waals surface area contributed by atoms with Crippen LogP contribution >= 0.6 is 0 Å². The first kappa shape index (κ1) is 12.6. The van der Waals surface area contributed by atoms with Gasteiger partial charge in [-0.2, -0.15) is 0 Å². The van der Waals surface area contributed by atoms with Crippen molar-refractivity contribution in [3.8, 4) is 11.4 Å². The lowest BCUT2D eigenvalue weighted by molar-refractivity contribution is 0.414. The molecule has 1 aromatic heterocycles. The number of ether oxygens (including phenoxy) is 1. The van der Waals surface area contributed by atoms with Crippen molar-refractivity contribution in [1.82, 2.24) is 9.55 Å². The lowest BCUT2D eigenvalue weighted by atomic mass is 10.3. The number of sulfone groups is 1. The normalized spacial score (nSPS) is 11.4. The van der Waals surface area contributed by atoms with Gasteiger partial charge >= 0.3 is 0 Å². The van der Waals surface area contributed by atoms with Crippen molar-refractivity contribution in [2.75, 3.05) is 12.9 Å². The molecule has 0 saturated heterocycles. The van der Waals surface area contributed by atoms with Crippen LogP contribution in [0.5, 0.6) is 5.75 Å². The molecule has 0 unspecified atom stereocenters. The molecule has 0 aliphatic heterocycles. The van der Waals surface area contributed by atoms with Crippen molar-refractivity contribution in [2.24, 2.45) is 0 Å². The summed E-state index contributed by atoms with van der Waals surface area (Å²) in [5, 5.41) is 0.0539. The number of nitrogens with zero attached hydrogens (tertiary/aromatic N) is 2. The van der Waals surface area contributed by atoms with Crippen LogP contribution in [0.1, 0.15) is 6.92 Å². The minimum atomic E-state index is -3.34. The topological polar surface area (TPSA) is 61.2 Å². The Morgan fingerprint density at radius 3 is 2.83 bits per heavy atom. The van der Waals surface area contributed by atoms with E-state index in [4.69, 9.17) is 4.74 Å². The second kappa shape index (κ2) is 4.81. The van der Waals surface area contributed by atoms with Gasteiger partial charge in [-0.1, -0.05) is 13.0 Å². The highest BCUT2D eigenvalue weighted by Crippen LogP contribution is 2.20. The van der Waals surface area contributed by atoms with Crippen LogP contribution in [0.25, 0.3) is 5.69 Å². The van der Waals surface area contributed by atoms with Gasteiger partial charge in [0.2, 0.25) is 15.0 Å². The van der Waals surface area contributed by atoms with Crippen LogP contribution in [0, 0.1) is 0 Å². The molecule has 0 saturated carbocycles. The Hall–Kier alpha value is -1.82. The van der Waals surface area contributed by atoms with E-state index in [0.717, 1.165) is 0 Å². The highest BCUT2D eigenvalue weighted by molar-refractivity contribution is 7.91. The molecule has 0 N–H and O–H groups in total. The molecule has 96 valence electrons. The number of methoxy groups -OCH3 is 1. The molecule has 6 heteroatoms. The molecule has 0 aliphatic rings. The molecule has 0 aliphatic carbocycles. The van der Waals surface area contributed by atoms with Crippen LogP contribution < -0.4 is 4.74 Å². The number of benzene rings is 1. The SMILES string of the molecule is CCS(=O)(=O)c1nccn1-c1cccc(OC)c1. The Morgan fingerprint density at radius 2 is 2.17 bits per heavy atom. The minimum Gasteiger partial charge on any atom is -0.497 e. The molecule has 0 atom stereocenters. The smallest absolute Gasteiger partial charge is 0.232 e. The van der Waals surface area contributed by atoms with Crippen LogP contribution in [0.15, 0.2) is 41.8 Å². The number of aromatic nitrogens is 2. The predicted molar refractivity (Wildman–Crippen MR) is 67.8 cm³/mol. The van der Waals surface area contributed by atoms with Gasteiger partial charge in [0.15, 0.2) is 0 Å². The average Bonchev–Trinajstić information content (AvgIpc) is 2.89. The average molecular weight is 266 g/mol. The van der Waals surface area contributed by atoms with E-state index in [9.17, 15) is 8.42 Å². The number of hydrogen-bond acceptors (Lipinski definition) is 4. The zero-order valence-corrected chi connectivity index (χ0v) is 11.0. The molecular formula is C12H14N2O3S. The third-order valence-corrected chi connectivity index (χ3v) is 4.22. The van der Waals surface area contributed by atoms with Gasteiger partial charge in [-0.05, 0) is 12.1 Å². The molecule has 0 spiro atoms. The number of hydrogen-bond donors (Lipinski definition) is 0. The van der Waals surface area contributed by atoms with Crippen LogP contribution in [0.4, 0.5) is 0 Å². The Balaban J connectivity index is 2.55. The van der Waals surface area contributed by atoms with Crippen molar-refractivity contribution in [1.29, 1.82) is 0 Å². The van der Waals surface area contributed by atoms with Gasteiger partial charge in [0.25, 0.3) is 0 Å². The van der Waals surface area contributed by atoms with E-state index in [1.54, 1.807) is 49.1 Å². The van der Waals surface area contributed by atoms with Gasteiger partial charge in [0.1, 0.15) is 5.75 Å². The van der Waals surface area contributed by atoms with E-state index in [2.05, 4.69) is 4.98 Å². The maximum Gasteiger partial charge on any atom is 0.232 e. The molecule has 2 rings (SSSR count). The van der Waals surface area contributed by atoms with Crippen molar-refractivity contribution < 1.29 is 13.2 Å². The molecule has 0 radical (unpaired) electrons. The summed E-state index contributed by atoms with van der Waals surface area (Å²) in [5.74, 6) is 0.689. The second-order valence-corrected chi connectivity index (χ2v) is 5.86. The summed E-state index contributed by atoms with van der Waals surface area (Å²) in [4.78, 5) is 3.92. The van der Waals surface area contributed by atoms with Crippen molar-refractivity contribution in [3.63, 3.8) is 0 Å². The summed E-state index contributed by atoms with van der Waals surface area (Å²) in [6, 6.07) is 7.17. The largest absolute Gasteiger partial charge is 0.497 e. The van der Waals surface area contributed by atoms with Crippen LogP contribution in [-0.2, 0) is 9.84 Å². The van der Waals surface area contributed by atoms with E-state index < -0.39 is 9.84 Å². The van der Waals surface area contributed by atoms with Gasteiger partial charge in [-0.15, -0.1) is 0 Å². The Morgan fingerprint density at radius 1 is 1.39 bits per heavy atom. The van der Waals surface area contributed by atoms with Gasteiger partial charge in [-0.3, -0.25) is 4.57 Å². The molecule has 0 bridgehead atoms. The molecule has 1 aromatic carbocycles. The third kappa shape index (κ3) is 2.24. The fourth-order valence-electron chi connectivity index (χ4n) is 1.61. The summed E-state index contributed by atoms with van der Waals surface area (Å²) >= 11 is 0. The first-order chi connectivity index (χ1) is 8.58. The van der Waals surface area contributed by atoms with E-state index in [-0.39, 0.29) is 10.9 Å². The number of imidazole rings is 1. The Kier molecular flexibility index (Phi) is 3.38. The zero-order chi connectivity index (χ0) is 13.2. The first-order valence-corrected chi connectivity index (χ1v) is 7.14. The molecule has 5 nitrogen and oxygen atoms in total. The van der Waals surface area contributed by atoms with E-state index in [1.807, 2.05) is 0 Å². The van der Waals surface area contributed by atoms with Crippen molar-refractivity contribution in [2.45, 2.75) is 12.1 Å². The van der Waals surface area contributed by atoms with Crippen LogP contribution in [0.2, 0.25) is 0 Å². The molecule has 18 heavy (non-hydrogen) atoms. The molecule has 0 fully saturated rings. The highest BCUT2D eigenvalue weighted by Gasteiger charge is 2.19. The van der Waals surface area contributed by atoms with E-state index in [0.29, 0.717) is 11.4 Å². The molecule has 0 amide bonds. The maximum absolute atomic E-state index is 11.9. The third-order valence-electron chi connectivity index (χ3n) is 2.60. The first-order valence-electron chi connectivity index (χ1n) is 5.49. The van der Waals surface area contributed by atoms with Gasteiger partial charge < -0.3 is 4.74 Å². The van der Waals surface area contributed by atoms with Crippen molar-refractivity contribution >= 4 is 9.84 Å². The quantitative estimate of drug-likeness (QED) is 0.844. The van der Waals surface area contributed by atoms with Gasteiger partial charge in [0.05, 0.1) is 18.6 Å². The standard InChI is InChI=1S/C12H14N2O3S/c1-3-18(15,16)12-13-7-8-14(12)10-5-4-6-11(9-10)17-2/h4-9H,3H2,1-2H3. The summed E-state index contributed by atoms with van der Waals surface area (Å²) in [6.07, 6.45) is 3.10. The van der Waals surface area contributed by atoms with Crippen LogP contribution in [0.3, 0.4) is 0 Å². The number of rotatable bonds is 4. The predicted octanol–water partition coefficient (Wildman–Crippen LogP) is 1.67. The molecular weight excluding hydrogens is 252 g/mol. The summed E-state index contributed by atoms with van der Waals surface area (Å²) in [6.45, 7) is 1.60. The van der Waals surface area contributed by atoms with Gasteiger partial charge in [0, 0.05) is 18.5 Å². The highest BCUT2D eigenvalue weighted by atomic mass is 32.2. The van der Waals surface area contributed by atoms with Crippen molar-refractivity contribution in [3.05, 3.63) is 36.7 Å². The fraction of sp³-hybridized carbons (Fsp3) is 0.250.